The van der Waals surface area contributed by atoms with Crippen molar-refractivity contribution in [3.63, 3.8) is 0 Å². The number of rotatable bonds is 6. The third-order valence-corrected chi connectivity index (χ3v) is 5.13. The first kappa shape index (κ1) is 20.1. The van der Waals surface area contributed by atoms with Crippen LogP contribution in [-0.4, -0.2) is 33.4 Å². The molecular weight excluding hydrogens is 394 g/mol. The highest BCUT2D eigenvalue weighted by Crippen LogP contribution is 2.24. The highest BCUT2D eigenvalue weighted by molar-refractivity contribution is 6.06. The van der Waals surface area contributed by atoms with E-state index in [0.29, 0.717) is 29.7 Å². The lowest BCUT2D eigenvalue weighted by Crippen LogP contribution is -2.26. The molecule has 2 heterocycles. The van der Waals surface area contributed by atoms with Gasteiger partial charge in [-0.2, -0.15) is 0 Å². The van der Waals surface area contributed by atoms with Crippen LogP contribution in [0.5, 0.6) is 0 Å². The monoisotopic (exact) mass is 415 g/mol. The molecule has 4 aromatic rings. The van der Waals surface area contributed by atoms with Crippen molar-refractivity contribution in [2.24, 2.45) is 5.73 Å². The van der Waals surface area contributed by atoms with Gasteiger partial charge in [0.15, 0.2) is 5.82 Å². The van der Waals surface area contributed by atoms with Crippen molar-refractivity contribution in [3.8, 4) is 0 Å². The van der Waals surface area contributed by atoms with Gasteiger partial charge in [-0.15, -0.1) is 0 Å². The van der Waals surface area contributed by atoms with E-state index >= 15 is 0 Å². The first-order valence-electron chi connectivity index (χ1n) is 9.75. The fraction of sp³-hybridized carbons (Fsp3) is 0.130. The largest absolute Gasteiger partial charge is 0.363 e. The van der Waals surface area contributed by atoms with Gasteiger partial charge in [0.25, 0.3) is 11.8 Å². The minimum absolute atomic E-state index is 0.133. The zero-order chi connectivity index (χ0) is 22.0. The number of aryl methyl sites for hydroxylation is 2. The number of anilines is 1. The summed E-state index contributed by atoms with van der Waals surface area (Å²) in [6.07, 6.45) is 2.12. The third-order valence-electron chi connectivity index (χ3n) is 5.13. The smallest absolute Gasteiger partial charge is 0.284 e. The van der Waals surface area contributed by atoms with E-state index in [2.05, 4.69) is 9.97 Å². The van der Waals surface area contributed by atoms with E-state index < -0.39 is 5.91 Å². The highest BCUT2D eigenvalue weighted by atomic mass is 16.2. The van der Waals surface area contributed by atoms with Crippen LogP contribution in [0.15, 0.2) is 71.7 Å². The van der Waals surface area contributed by atoms with E-state index in [9.17, 15) is 14.4 Å². The maximum absolute atomic E-state index is 12.7. The van der Waals surface area contributed by atoms with E-state index in [4.69, 9.17) is 5.73 Å². The minimum Gasteiger partial charge on any atom is -0.363 e. The molecule has 0 atom stereocenters. The molecule has 0 radical (unpaired) electrons. The summed E-state index contributed by atoms with van der Waals surface area (Å²) in [6, 6.07) is 17.7. The van der Waals surface area contributed by atoms with E-state index in [1.165, 1.54) is 11.0 Å². The van der Waals surface area contributed by atoms with Gasteiger partial charge in [0.1, 0.15) is 0 Å². The van der Waals surface area contributed by atoms with Crippen LogP contribution >= 0.6 is 0 Å². The Kier molecular flexibility index (Phi) is 5.36. The van der Waals surface area contributed by atoms with Gasteiger partial charge >= 0.3 is 0 Å². The second-order valence-corrected chi connectivity index (χ2v) is 7.17. The zero-order valence-corrected chi connectivity index (χ0v) is 16.9. The lowest BCUT2D eigenvalue weighted by atomic mass is 10.2. The first-order valence-corrected chi connectivity index (χ1v) is 9.75. The molecule has 0 spiro atoms. The minimum atomic E-state index is -0.641. The van der Waals surface area contributed by atoms with Crippen molar-refractivity contribution in [3.05, 3.63) is 94.2 Å². The Balaban J connectivity index is 1.66. The number of hydrogen-bond donors (Lipinski definition) is 2. The van der Waals surface area contributed by atoms with Crippen molar-refractivity contribution >= 4 is 28.5 Å². The molecule has 4 rings (SSSR count). The van der Waals surface area contributed by atoms with Crippen LogP contribution in [0.4, 0.5) is 5.69 Å². The van der Waals surface area contributed by atoms with Crippen LogP contribution in [-0.2, 0) is 13.0 Å². The molecule has 0 unspecified atom stereocenters. The molecule has 2 amide bonds. The zero-order valence-electron chi connectivity index (χ0n) is 16.9. The average Bonchev–Trinajstić information content (AvgIpc) is 3.15. The quantitative estimate of drug-likeness (QED) is 0.503. The standard InChI is InChI=1S/C23H21N5O3/c1-27(23(31)16-5-3-2-4-6-16)17-7-8-19-18(14-17)26-22(21(24)30)28(19)12-10-15-9-11-25-20(29)13-15/h2-9,11,13-14H,10,12H2,1H3,(H2,24,30)(H,25,29). The molecule has 8 heteroatoms. The second-order valence-electron chi connectivity index (χ2n) is 7.17. The maximum atomic E-state index is 12.7. The van der Waals surface area contributed by atoms with E-state index in [1.807, 2.05) is 30.3 Å². The predicted octanol–water partition coefficient (Wildman–Crippen LogP) is 2.34. The van der Waals surface area contributed by atoms with Gasteiger partial charge in [-0.05, 0) is 48.4 Å². The van der Waals surface area contributed by atoms with E-state index in [0.717, 1.165) is 11.1 Å². The van der Waals surface area contributed by atoms with Crippen LogP contribution < -0.4 is 16.2 Å². The van der Waals surface area contributed by atoms with Crippen molar-refractivity contribution in [2.75, 3.05) is 11.9 Å². The summed E-state index contributed by atoms with van der Waals surface area (Å²) >= 11 is 0. The molecule has 156 valence electrons. The maximum Gasteiger partial charge on any atom is 0.284 e. The van der Waals surface area contributed by atoms with Crippen molar-refractivity contribution in [1.29, 1.82) is 0 Å². The number of primary amides is 1. The summed E-state index contributed by atoms with van der Waals surface area (Å²) < 4.78 is 1.74. The number of nitrogens with one attached hydrogen (secondary N) is 1. The molecule has 3 N–H and O–H groups in total. The number of nitrogens with zero attached hydrogens (tertiary/aromatic N) is 3. The molecular formula is C23H21N5O3. The summed E-state index contributed by atoms with van der Waals surface area (Å²) in [7, 11) is 1.69. The fourth-order valence-corrected chi connectivity index (χ4v) is 3.52. The predicted molar refractivity (Wildman–Crippen MR) is 118 cm³/mol. The Morgan fingerprint density at radius 3 is 2.58 bits per heavy atom. The SMILES string of the molecule is CN(C(=O)c1ccccc1)c1ccc2c(c1)nc(C(N)=O)n2CCc1cc[nH]c(=O)c1. The third kappa shape index (κ3) is 4.09. The summed E-state index contributed by atoms with van der Waals surface area (Å²) in [4.78, 5) is 44.8. The molecule has 0 fully saturated rings. The molecule has 0 bridgehead atoms. The molecule has 8 nitrogen and oxygen atoms in total. The normalized spacial score (nSPS) is 10.9. The summed E-state index contributed by atoms with van der Waals surface area (Å²) in [5.41, 5.74) is 8.72. The Hall–Kier alpha value is -4.20. The fourth-order valence-electron chi connectivity index (χ4n) is 3.52. The molecule has 0 saturated heterocycles. The summed E-state index contributed by atoms with van der Waals surface area (Å²) in [5.74, 6) is -0.657. The van der Waals surface area contributed by atoms with Gasteiger partial charge in [-0.1, -0.05) is 18.2 Å². The Bertz CT molecular complexity index is 1320. The van der Waals surface area contributed by atoms with Gasteiger partial charge < -0.3 is 20.2 Å². The molecule has 0 aliphatic rings. The number of pyridine rings is 1. The topological polar surface area (TPSA) is 114 Å². The van der Waals surface area contributed by atoms with Gasteiger partial charge in [0.2, 0.25) is 5.56 Å². The van der Waals surface area contributed by atoms with Gasteiger partial charge in [-0.25, -0.2) is 4.98 Å². The second kappa shape index (κ2) is 8.27. The lowest BCUT2D eigenvalue weighted by molar-refractivity contribution is 0.0981. The number of hydrogen-bond acceptors (Lipinski definition) is 4. The molecule has 31 heavy (non-hydrogen) atoms. The van der Waals surface area contributed by atoms with Crippen LogP contribution in [0.3, 0.4) is 0 Å². The van der Waals surface area contributed by atoms with Gasteiger partial charge in [0, 0.05) is 37.1 Å². The summed E-state index contributed by atoms with van der Waals surface area (Å²) in [5, 5.41) is 0. The molecule has 2 aromatic heterocycles. The van der Waals surface area contributed by atoms with Gasteiger partial charge in [-0.3, -0.25) is 14.4 Å². The Morgan fingerprint density at radius 1 is 1.10 bits per heavy atom. The van der Waals surface area contributed by atoms with E-state index in [1.54, 1.807) is 42.1 Å². The highest BCUT2D eigenvalue weighted by Gasteiger charge is 2.18. The van der Waals surface area contributed by atoms with Crippen molar-refractivity contribution in [2.45, 2.75) is 13.0 Å². The number of benzene rings is 2. The number of carbonyl (C=O) groups is 2. The Labute approximate surface area is 177 Å². The number of nitrogens with two attached hydrogens (primary N) is 1. The van der Waals surface area contributed by atoms with E-state index in [-0.39, 0.29) is 17.3 Å². The average molecular weight is 415 g/mol. The Morgan fingerprint density at radius 2 is 1.87 bits per heavy atom. The number of aromatic nitrogens is 3. The van der Waals surface area contributed by atoms with Crippen LogP contribution in [0.2, 0.25) is 0 Å². The molecule has 0 saturated carbocycles. The van der Waals surface area contributed by atoms with Crippen LogP contribution in [0, 0.1) is 0 Å². The summed E-state index contributed by atoms with van der Waals surface area (Å²) in [6.45, 7) is 0.427. The van der Waals surface area contributed by atoms with Gasteiger partial charge in [0.05, 0.1) is 11.0 Å². The molecule has 2 aromatic carbocycles. The molecule has 0 aliphatic heterocycles. The number of aromatic amines is 1. The van der Waals surface area contributed by atoms with Crippen molar-refractivity contribution in [1.82, 2.24) is 14.5 Å². The molecule has 0 aliphatic carbocycles. The van der Waals surface area contributed by atoms with Crippen LogP contribution in [0.25, 0.3) is 11.0 Å². The van der Waals surface area contributed by atoms with Crippen LogP contribution in [0.1, 0.15) is 26.5 Å². The van der Waals surface area contributed by atoms with Crippen molar-refractivity contribution < 1.29 is 9.59 Å². The first-order chi connectivity index (χ1) is 14.9. The number of H-pyrrole nitrogens is 1. The number of fused-ring (bicyclic) bond motifs is 1. The lowest BCUT2D eigenvalue weighted by Gasteiger charge is -2.17. The number of carbonyl (C=O) groups excluding carboxylic acids is 2. The number of imidazole rings is 1. The number of amides is 2.